The Kier molecular flexibility index (Phi) is 6.50. The van der Waals surface area contributed by atoms with Gasteiger partial charge in [0.2, 0.25) is 0 Å². The lowest BCUT2D eigenvalue weighted by Gasteiger charge is -2.15. The quantitative estimate of drug-likeness (QED) is 0.745. The number of benzene rings is 2. The topological polar surface area (TPSA) is 47.6 Å². The van der Waals surface area contributed by atoms with Crippen LogP contribution in [-0.4, -0.2) is 19.6 Å². The van der Waals surface area contributed by atoms with E-state index in [1.165, 1.54) is 25.3 Å². The molecule has 1 N–H and O–H groups in total. The minimum atomic E-state index is -4.65. The number of hydrogen-bond donors (Lipinski definition) is 1. The Balaban J connectivity index is 2.31. The molecular weight excluding hydrogens is 371 g/mol. The molecule has 0 bridgehead atoms. The lowest BCUT2D eigenvalue weighted by molar-refractivity contribution is -0.136. The summed E-state index contributed by atoms with van der Waals surface area (Å²) in [5, 5.41) is 2.21. The molecule has 0 spiro atoms. The van der Waals surface area contributed by atoms with Crippen LogP contribution in [0.25, 0.3) is 0 Å². The van der Waals surface area contributed by atoms with Gasteiger partial charge in [-0.3, -0.25) is 4.79 Å². The molecule has 0 heterocycles. The third-order valence-electron chi connectivity index (χ3n) is 3.54. The maximum atomic E-state index is 13.1. The molecule has 2 rings (SSSR count). The van der Waals surface area contributed by atoms with E-state index < -0.39 is 17.6 Å². The second-order valence-corrected chi connectivity index (χ2v) is 5.74. The van der Waals surface area contributed by atoms with Crippen molar-refractivity contribution in [3.8, 4) is 5.75 Å². The van der Waals surface area contributed by atoms with Gasteiger partial charge < -0.3 is 14.8 Å². The first-order valence-electron chi connectivity index (χ1n) is 7.69. The number of hydrogen-bond acceptors (Lipinski definition) is 3. The monoisotopic (exact) mass is 387 g/mol. The normalized spacial score (nSPS) is 11.3. The maximum Gasteiger partial charge on any atom is 0.418 e. The molecule has 0 radical (unpaired) electrons. The van der Waals surface area contributed by atoms with E-state index in [0.717, 1.165) is 12.1 Å². The minimum absolute atomic E-state index is 0.0706. The van der Waals surface area contributed by atoms with Gasteiger partial charge in [-0.15, -0.1) is 0 Å². The van der Waals surface area contributed by atoms with Crippen LogP contribution in [0.5, 0.6) is 5.75 Å². The van der Waals surface area contributed by atoms with E-state index in [9.17, 15) is 18.0 Å². The lowest BCUT2D eigenvalue weighted by Crippen LogP contribution is -2.17. The number of nitrogens with one attached hydrogen (secondary N) is 1. The Morgan fingerprint density at radius 1 is 1.19 bits per heavy atom. The number of rotatable bonds is 6. The number of halogens is 4. The third-order valence-corrected chi connectivity index (χ3v) is 3.77. The number of methoxy groups -OCH3 is 1. The maximum absolute atomic E-state index is 13.1. The Morgan fingerprint density at radius 2 is 1.92 bits per heavy atom. The molecule has 0 unspecified atom stereocenters. The zero-order valence-corrected chi connectivity index (χ0v) is 14.9. The zero-order chi connectivity index (χ0) is 19.3. The lowest BCUT2D eigenvalue weighted by atomic mass is 10.1. The number of amides is 1. The molecule has 0 saturated heterocycles. The highest BCUT2D eigenvalue weighted by Crippen LogP contribution is 2.36. The summed E-state index contributed by atoms with van der Waals surface area (Å²) in [4.78, 5) is 12.4. The van der Waals surface area contributed by atoms with E-state index in [2.05, 4.69) is 5.32 Å². The van der Waals surface area contributed by atoms with Crippen LogP contribution < -0.4 is 10.1 Å². The van der Waals surface area contributed by atoms with Gasteiger partial charge in [-0.05, 0) is 43.3 Å². The van der Waals surface area contributed by atoms with Crippen LogP contribution in [0.15, 0.2) is 36.4 Å². The van der Waals surface area contributed by atoms with E-state index in [1.54, 1.807) is 6.07 Å². The van der Waals surface area contributed by atoms with Crippen LogP contribution in [-0.2, 0) is 17.5 Å². The zero-order valence-electron chi connectivity index (χ0n) is 14.1. The third kappa shape index (κ3) is 4.89. The van der Waals surface area contributed by atoms with Crippen LogP contribution in [0, 0.1) is 0 Å². The summed E-state index contributed by atoms with van der Waals surface area (Å²) in [6, 6.07) is 7.72. The van der Waals surface area contributed by atoms with Crippen molar-refractivity contribution < 1.29 is 27.4 Å². The fraction of sp³-hybridized carbons (Fsp3) is 0.278. The van der Waals surface area contributed by atoms with Gasteiger partial charge in [0.1, 0.15) is 5.75 Å². The molecule has 2 aromatic carbocycles. The molecule has 1 amide bonds. The Morgan fingerprint density at radius 3 is 2.54 bits per heavy atom. The van der Waals surface area contributed by atoms with E-state index in [1.807, 2.05) is 6.92 Å². The van der Waals surface area contributed by atoms with Crippen molar-refractivity contribution in [1.29, 1.82) is 0 Å². The standard InChI is InChI=1S/C18H17ClF3NO3/c1-3-26-10-12-8-11(4-7-16(12)25-2)17(24)23-15-6-5-13(19)9-14(15)18(20,21)22/h4-9H,3,10H2,1-2H3,(H,23,24). The fourth-order valence-corrected chi connectivity index (χ4v) is 2.47. The minimum Gasteiger partial charge on any atom is -0.496 e. The van der Waals surface area contributed by atoms with Gasteiger partial charge in [-0.25, -0.2) is 0 Å². The summed E-state index contributed by atoms with van der Waals surface area (Å²) in [6.07, 6.45) is -4.65. The first kappa shape index (κ1) is 20.1. The Hall–Kier alpha value is -2.25. The summed E-state index contributed by atoms with van der Waals surface area (Å²) < 4.78 is 49.9. The highest BCUT2D eigenvalue weighted by molar-refractivity contribution is 6.30. The van der Waals surface area contributed by atoms with Crippen LogP contribution in [0.2, 0.25) is 5.02 Å². The van der Waals surface area contributed by atoms with Crippen LogP contribution in [0.3, 0.4) is 0 Å². The molecule has 0 aromatic heterocycles. The first-order chi connectivity index (χ1) is 12.3. The molecular formula is C18H17ClF3NO3. The number of carbonyl (C=O) groups excluding carboxylic acids is 1. The molecule has 0 aliphatic carbocycles. The van der Waals surface area contributed by atoms with Gasteiger partial charge in [0, 0.05) is 22.8 Å². The number of carbonyl (C=O) groups is 1. The molecule has 2 aromatic rings. The van der Waals surface area contributed by atoms with Crippen molar-refractivity contribution >= 4 is 23.2 Å². The molecule has 26 heavy (non-hydrogen) atoms. The predicted octanol–water partition coefficient (Wildman–Crippen LogP) is 5.16. The molecule has 140 valence electrons. The fourth-order valence-electron chi connectivity index (χ4n) is 2.30. The molecule has 8 heteroatoms. The highest BCUT2D eigenvalue weighted by Gasteiger charge is 2.34. The summed E-state index contributed by atoms with van der Waals surface area (Å²) in [7, 11) is 1.48. The summed E-state index contributed by atoms with van der Waals surface area (Å²) in [5.41, 5.74) is -0.576. The van der Waals surface area contributed by atoms with Crippen LogP contribution >= 0.6 is 11.6 Å². The molecule has 0 aliphatic rings. The average Bonchev–Trinajstić information content (AvgIpc) is 2.60. The van der Waals surface area contributed by atoms with Gasteiger partial charge in [-0.1, -0.05) is 11.6 Å². The molecule has 4 nitrogen and oxygen atoms in total. The molecule has 0 fully saturated rings. The van der Waals surface area contributed by atoms with Crippen molar-refractivity contribution in [3.05, 3.63) is 58.1 Å². The van der Waals surface area contributed by atoms with Gasteiger partial charge in [0.15, 0.2) is 0 Å². The van der Waals surface area contributed by atoms with E-state index in [0.29, 0.717) is 17.9 Å². The molecule has 0 atom stereocenters. The smallest absolute Gasteiger partial charge is 0.418 e. The average molecular weight is 388 g/mol. The summed E-state index contributed by atoms with van der Waals surface area (Å²) in [6.45, 7) is 2.51. The SMILES string of the molecule is CCOCc1cc(C(=O)Nc2ccc(Cl)cc2C(F)(F)F)ccc1OC. The van der Waals surface area contributed by atoms with Gasteiger partial charge in [0.05, 0.1) is 25.0 Å². The number of ether oxygens (including phenoxy) is 2. The van der Waals surface area contributed by atoms with Crippen molar-refractivity contribution in [2.75, 3.05) is 19.0 Å². The van der Waals surface area contributed by atoms with E-state index in [4.69, 9.17) is 21.1 Å². The van der Waals surface area contributed by atoms with Crippen LogP contribution in [0.1, 0.15) is 28.4 Å². The van der Waals surface area contributed by atoms with Gasteiger partial charge >= 0.3 is 6.18 Å². The largest absolute Gasteiger partial charge is 0.496 e. The second kappa shape index (κ2) is 8.42. The van der Waals surface area contributed by atoms with Crippen molar-refractivity contribution in [2.24, 2.45) is 0 Å². The second-order valence-electron chi connectivity index (χ2n) is 5.31. The van der Waals surface area contributed by atoms with Gasteiger partial charge in [0.25, 0.3) is 5.91 Å². The van der Waals surface area contributed by atoms with Crippen molar-refractivity contribution in [3.63, 3.8) is 0 Å². The van der Waals surface area contributed by atoms with Crippen LogP contribution in [0.4, 0.5) is 18.9 Å². The van der Waals surface area contributed by atoms with E-state index in [-0.39, 0.29) is 22.9 Å². The molecule has 0 saturated carbocycles. The predicted molar refractivity (Wildman–Crippen MR) is 92.7 cm³/mol. The van der Waals surface area contributed by atoms with E-state index >= 15 is 0 Å². The summed E-state index contributed by atoms with van der Waals surface area (Å²) in [5.74, 6) is -0.157. The van der Waals surface area contributed by atoms with Crippen molar-refractivity contribution in [2.45, 2.75) is 19.7 Å². The van der Waals surface area contributed by atoms with Crippen molar-refractivity contribution in [1.82, 2.24) is 0 Å². The number of anilines is 1. The number of alkyl halides is 3. The highest BCUT2D eigenvalue weighted by atomic mass is 35.5. The summed E-state index contributed by atoms with van der Waals surface area (Å²) >= 11 is 5.64. The first-order valence-corrected chi connectivity index (χ1v) is 8.06. The Bertz CT molecular complexity index is 794. The Labute approximate surface area is 153 Å². The van der Waals surface area contributed by atoms with Gasteiger partial charge in [-0.2, -0.15) is 13.2 Å². The molecule has 0 aliphatic heterocycles.